The smallest absolute Gasteiger partial charge is 0.223 e. The van der Waals surface area contributed by atoms with Crippen LogP contribution in [0.3, 0.4) is 0 Å². The standard InChI is InChI=1S/C20H23N3O2S2/c1-12(2)9-25-16-8-21-13(7-15(16)24)10-26-19-18-14-5-3-4-6-17(14)27-20(18)23-11-22-19/h7-8,11-12H,3-6,9-10H2,1-2H3,(H,21,24). The number of hydrogen-bond acceptors (Lipinski definition) is 6. The third kappa shape index (κ3) is 4.04. The number of thioether (sulfide) groups is 1. The van der Waals surface area contributed by atoms with Gasteiger partial charge >= 0.3 is 0 Å². The lowest BCUT2D eigenvalue weighted by atomic mass is 9.97. The molecule has 0 bridgehead atoms. The Balaban J connectivity index is 1.53. The molecule has 1 aliphatic rings. The summed E-state index contributed by atoms with van der Waals surface area (Å²) in [4.78, 5) is 27.0. The Bertz CT molecular complexity index is 1010. The first-order valence-corrected chi connectivity index (χ1v) is 11.1. The number of hydrogen-bond donors (Lipinski definition) is 1. The number of ether oxygens (including phenoxy) is 1. The minimum atomic E-state index is -0.0780. The lowest BCUT2D eigenvalue weighted by Gasteiger charge is -2.11. The maximum Gasteiger partial charge on any atom is 0.223 e. The monoisotopic (exact) mass is 401 g/mol. The molecule has 0 amide bonds. The van der Waals surface area contributed by atoms with Crippen molar-refractivity contribution in [2.45, 2.75) is 50.3 Å². The second-order valence-electron chi connectivity index (χ2n) is 7.25. The van der Waals surface area contributed by atoms with E-state index in [-0.39, 0.29) is 5.43 Å². The van der Waals surface area contributed by atoms with E-state index in [1.165, 1.54) is 28.7 Å². The summed E-state index contributed by atoms with van der Waals surface area (Å²) in [5.74, 6) is 1.43. The molecule has 0 aliphatic heterocycles. The van der Waals surface area contributed by atoms with E-state index in [0.717, 1.165) is 28.4 Å². The number of nitrogens with one attached hydrogen (secondary N) is 1. The van der Waals surface area contributed by atoms with Crippen LogP contribution in [0.4, 0.5) is 0 Å². The van der Waals surface area contributed by atoms with Crippen LogP contribution >= 0.6 is 23.1 Å². The molecule has 3 heterocycles. The first kappa shape index (κ1) is 18.5. The van der Waals surface area contributed by atoms with Gasteiger partial charge in [-0.15, -0.1) is 11.3 Å². The van der Waals surface area contributed by atoms with Crippen molar-refractivity contribution in [2.75, 3.05) is 6.61 Å². The van der Waals surface area contributed by atoms with Gasteiger partial charge in [0.1, 0.15) is 16.2 Å². The van der Waals surface area contributed by atoms with Crippen molar-refractivity contribution >= 4 is 33.3 Å². The number of aryl methyl sites for hydroxylation is 2. The molecular formula is C20H23N3O2S2. The van der Waals surface area contributed by atoms with Crippen molar-refractivity contribution in [3.63, 3.8) is 0 Å². The molecule has 0 radical (unpaired) electrons. The zero-order chi connectivity index (χ0) is 18.8. The zero-order valence-electron chi connectivity index (χ0n) is 15.6. The molecule has 142 valence electrons. The normalized spacial score (nSPS) is 13.9. The molecule has 4 rings (SSSR count). The lowest BCUT2D eigenvalue weighted by molar-refractivity contribution is 0.268. The first-order valence-electron chi connectivity index (χ1n) is 9.34. The average Bonchev–Trinajstić information content (AvgIpc) is 3.04. The summed E-state index contributed by atoms with van der Waals surface area (Å²) in [5, 5.41) is 2.24. The van der Waals surface area contributed by atoms with Gasteiger partial charge in [-0.05, 0) is 37.2 Å². The SMILES string of the molecule is CC(C)COc1c[nH]c(CSc2ncnc3sc4c(c23)CCCC4)cc1=O. The third-order valence-corrected chi connectivity index (χ3v) is 6.83. The molecule has 0 unspecified atom stereocenters. The molecule has 0 saturated heterocycles. The summed E-state index contributed by atoms with van der Waals surface area (Å²) in [5.41, 5.74) is 2.23. The van der Waals surface area contributed by atoms with Crippen LogP contribution in [0.15, 0.2) is 28.4 Å². The molecule has 3 aromatic rings. The van der Waals surface area contributed by atoms with Gasteiger partial charge in [-0.3, -0.25) is 4.79 Å². The van der Waals surface area contributed by atoms with Crippen LogP contribution in [0.2, 0.25) is 0 Å². The van der Waals surface area contributed by atoms with E-state index in [2.05, 4.69) is 28.8 Å². The molecule has 0 atom stereocenters. The highest BCUT2D eigenvalue weighted by Gasteiger charge is 2.20. The number of nitrogens with zero attached hydrogens (tertiary/aromatic N) is 2. The molecule has 0 aromatic carbocycles. The highest BCUT2D eigenvalue weighted by atomic mass is 32.2. The number of aromatic nitrogens is 3. The van der Waals surface area contributed by atoms with Gasteiger partial charge in [0.15, 0.2) is 5.75 Å². The molecular weight excluding hydrogens is 378 g/mol. The maximum absolute atomic E-state index is 12.2. The van der Waals surface area contributed by atoms with Gasteiger partial charge in [0.2, 0.25) is 5.43 Å². The highest BCUT2D eigenvalue weighted by molar-refractivity contribution is 7.98. The van der Waals surface area contributed by atoms with E-state index in [0.29, 0.717) is 24.0 Å². The number of H-pyrrole nitrogens is 1. The van der Waals surface area contributed by atoms with E-state index < -0.39 is 0 Å². The van der Waals surface area contributed by atoms with Crippen molar-refractivity contribution in [2.24, 2.45) is 5.92 Å². The van der Waals surface area contributed by atoms with Crippen LogP contribution in [-0.4, -0.2) is 21.6 Å². The third-order valence-electron chi connectivity index (χ3n) is 4.59. The summed E-state index contributed by atoms with van der Waals surface area (Å²) in [6.45, 7) is 4.66. The van der Waals surface area contributed by atoms with Gasteiger partial charge < -0.3 is 9.72 Å². The van der Waals surface area contributed by atoms with Crippen molar-refractivity contribution in [1.29, 1.82) is 0 Å². The lowest BCUT2D eigenvalue weighted by Crippen LogP contribution is -2.13. The van der Waals surface area contributed by atoms with E-state index >= 15 is 0 Å². The molecule has 1 aliphatic carbocycles. The van der Waals surface area contributed by atoms with Gasteiger partial charge in [-0.1, -0.05) is 25.6 Å². The maximum atomic E-state index is 12.2. The Morgan fingerprint density at radius 1 is 1.30 bits per heavy atom. The quantitative estimate of drug-likeness (QED) is 0.483. The second-order valence-corrected chi connectivity index (χ2v) is 9.30. The van der Waals surface area contributed by atoms with E-state index in [4.69, 9.17) is 4.74 Å². The molecule has 1 N–H and O–H groups in total. The van der Waals surface area contributed by atoms with Crippen LogP contribution in [-0.2, 0) is 18.6 Å². The van der Waals surface area contributed by atoms with Gasteiger partial charge in [-0.2, -0.15) is 0 Å². The number of rotatable bonds is 6. The average molecular weight is 402 g/mol. The topological polar surface area (TPSA) is 67.9 Å². The predicted octanol–water partition coefficient (Wildman–Crippen LogP) is 4.59. The fourth-order valence-corrected chi connectivity index (χ4v) is 5.51. The Morgan fingerprint density at radius 3 is 2.96 bits per heavy atom. The van der Waals surface area contributed by atoms with E-state index in [9.17, 15) is 4.79 Å². The largest absolute Gasteiger partial charge is 0.488 e. The minimum absolute atomic E-state index is 0.0780. The molecule has 3 aromatic heterocycles. The van der Waals surface area contributed by atoms with Crippen molar-refractivity contribution in [3.8, 4) is 5.75 Å². The Kier molecular flexibility index (Phi) is 5.50. The number of aromatic amines is 1. The van der Waals surface area contributed by atoms with Gasteiger partial charge in [0, 0.05) is 34.0 Å². The molecule has 0 spiro atoms. The van der Waals surface area contributed by atoms with Crippen molar-refractivity contribution in [1.82, 2.24) is 15.0 Å². The van der Waals surface area contributed by atoms with Gasteiger partial charge in [0.05, 0.1) is 6.61 Å². The van der Waals surface area contributed by atoms with E-state index in [1.807, 2.05) is 11.3 Å². The number of thiophene rings is 1. The summed E-state index contributed by atoms with van der Waals surface area (Å²) in [6.07, 6.45) is 8.10. The molecule has 0 fully saturated rings. The first-order chi connectivity index (χ1) is 13.1. The predicted molar refractivity (Wildman–Crippen MR) is 111 cm³/mol. The van der Waals surface area contributed by atoms with E-state index in [1.54, 1.807) is 30.4 Å². The zero-order valence-corrected chi connectivity index (χ0v) is 17.2. The van der Waals surface area contributed by atoms with Crippen LogP contribution in [0, 0.1) is 5.92 Å². The number of pyridine rings is 1. The highest BCUT2D eigenvalue weighted by Crippen LogP contribution is 2.39. The summed E-state index contributed by atoms with van der Waals surface area (Å²) in [7, 11) is 0. The molecule has 0 saturated carbocycles. The molecule has 7 heteroatoms. The fourth-order valence-electron chi connectivity index (χ4n) is 3.27. The Morgan fingerprint density at radius 2 is 2.15 bits per heavy atom. The minimum Gasteiger partial charge on any atom is -0.488 e. The van der Waals surface area contributed by atoms with Gasteiger partial charge in [-0.25, -0.2) is 9.97 Å². The van der Waals surface area contributed by atoms with Crippen LogP contribution in [0.25, 0.3) is 10.2 Å². The second kappa shape index (κ2) is 8.02. The van der Waals surface area contributed by atoms with Crippen LogP contribution in [0.5, 0.6) is 5.75 Å². The van der Waals surface area contributed by atoms with Gasteiger partial charge in [0.25, 0.3) is 0 Å². The summed E-state index contributed by atoms with van der Waals surface area (Å²) < 4.78 is 5.56. The van der Waals surface area contributed by atoms with Crippen molar-refractivity contribution < 1.29 is 4.74 Å². The summed E-state index contributed by atoms with van der Waals surface area (Å²) in [6, 6.07) is 1.63. The van der Waals surface area contributed by atoms with Crippen LogP contribution in [0.1, 0.15) is 42.8 Å². The fraction of sp³-hybridized carbons (Fsp3) is 0.450. The Labute approximate surface area is 166 Å². The summed E-state index contributed by atoms with van der Waals surface area (Å²) >= 11 is 3.47. The molecule has 5 nitrogen and oxygen atoms in total. The van der Waals surface area contributed by atoms with Crippen LogP contribution < -0.4 is 10.2 Å². The molecule has 27 heavy (non-hydrogen) atoms. The van der Waals surface area contributed by atoms with Crippen molar-refractivity contribution in [3.05, 3.63) is 44.9 Å². The number of fused-ring (bicyclic) bond motifs is 3. The Hall–Kier alpha value is -1.86.